The van der Waals surface area contributed by atoms with Crippen molar-refractivity contribution in [2.75, 3.05) is 205 Å². The summed E-state index contributed by atoms with van der Waals surface area (Å²) in [6.07, 6.45) is 18.0. The third kappa shape index (κ3) is 20.9. The molecule has 4 atom stereocenters. The highest BCUT2D eigenvalue weighted by atomic mass is 16.5. The number of methoxy groups -OCH3 is 4. The van der Waals surface area contributed by atoms with Crippen molar-refractivity contribution in [2.24, 2.45) is 22.7 Å². The van der Waals surface area contributed by atoms with Crippen LogP contribution in [-0.2, 0) is 19.2 Å². The van der Waals surface area contributed by atoms with E-state index in [1.165, 1.54) is 25.7 Å². The molecule has 8 aromatic rings. The van der Waals surface area contributed by atoms with Crippen molar-refractivity contribution in [3.05, 3.63) is 120 Å². The molecule has 0 radical (unpaired) electrons. The smallest absolute Gasteiger partial charge is 0.251 e. The number of carbonyl (C=O) groups is 8. The maximum Gasteiger partial charge on any atom is 0.251 e. The summed E-state index contributed by atoms with van der Waals surface area (Å²) in [7, 11) is 21.8. The molecule has 2 aliphatic carbocycles. The van der Waals surface area contributed by atoms with Gasteiger partial charge in [0.25, 0.3) is 23.6 Å². The summed E-state index contributed by atoms with van der Waals surface area (Å²) in [5.74, 6) is 5.84. The summed E-state index contributed by atoms with van der Waals surface area (Å²) in [6.45, 7) is 18.0. The Labute approximate surface area is 764 Å². The van der Waals surface area contributed by atoms with E-state index >= 15 is 0 Å². The first-order chi connectivity index (χ1) is 62.7. The monoisotopic (exact) mass is 1800 g/mol. The third-order valence-corrected chi connectivity index (χ3v) is 25.4. The normalized spacial score (nSPS) is 19.4. The van der Waals surface area contributed by atoms with Crippen molar-refractivity contribution in [2.45, 2.75) is 130 Å². The second-order valence-electron chi connectivity index (χ2n) is 35.5. The van der Waals surface area contributed by atoms with E-state index in [1.807, 2.05) is 41.5 Å². The highest BCUT2D eigenvalue weighted by Gasteiger charge is 2.45. The number of likely N-dealkylation sites (tertiary alicyclic amines) is 1. The van der Waals surface area contributed by atoms with Crippen LogP contribution in [0.2, 0.25) is 0 Å². The number of benzene rings is 4. The number of carbonyl (C=O) groups excluding carboxylic acids is 8. The fourth-order valence-electron chi connectivity index (χ4n) is 18.1. The van der Waals surface area contributed by atoms with Crippen LogP contribution in [-0.4, -0.2) is 260 Å². The van der Waals surface area contributed by atoms with E-state index in [0.29, 0.717) is 141 Å². The summed E-state index contributed by atoms with van der Waals surface area (Å²) in [5.41, 5.74) is 6.25. The van der Waals surface area contributed by atoms with E-state index in [4.69, 9.17) is 38.9 Å². The molecule has 10 heterocycles. The molecule has 0 spiro atoms. The Morgan fingerprint density at radius 2 is 0.687 bits per heavy atom. The van der Waals surface area contributed by atoms with Crippen LogP contribution in [0.3, 0.4) is 0 Å². The summed E-state index contributed by atoms with van der Waals surface area (Å²) < 4.78 is 21.9. The maximum absolute atomic E-state index is 13.2. The molecule has 9 N–H and O–H groups in total. The molecule has 4 fully saturated rings. The Balaban J connectivity index is 0.000000149. The molecule has 131 heavy (non-hydrogen) atoms. The number of aromatic nitrogens is 8. The topological polar surface area (TPSA) is 414 Å². The minimum Gasteiger partial charge on any atom is -0.495 e. The first kappa shape index (κ1) is 95.1. The number of rotatable bonds is 20. The van der Waals surface area contributed by atoms with E-state index in [1.54, 1.807) is 202 Å². The molecule has 2 saturated heterocycles. The molecule has 698 valence electrons. The minimum absolute atomic E-state index is 0.0352. The number of nitrogens with one attached hydrogen (secondary N) is 9. The van der Waals surface area contributed by atoms with Crippen LogP contribution in [0.4, 0.5) is 92.6 Å². The van der Waals surface area contributed by atoms with Gasteiger partial charge in [0.15, 0.2) is 23.3 Å². The molecule has 0 bridgehead atoms. The summed E-state index contributed by atoms with van der Waals surface area (Å²) in [4.78, 5) is 155. The zero-order chi connectivity index (χ0) is 94.0. The van der Waals surface area contributed by atoms with Crippen molar-refractivity contribution in [1.82, 2.24) is 71.4 Å². The number of likely N-dealkylation sites (N-methyl/N-ethyl adjacent to an activating group) is 1. The molecule has 0 unspecified atom stereocenters. The predicted octanol–water partition coefficient (Wildman–Crippen LogP) is 9.76. The van der Waals surface area contributed by atoms with Gasteiger partial charge in [0.2, 0.25) is 47.4 Å². The van der Waals surface area contributed by atoms with Crippen LogP contribution in [0.25, 0.3) is 0 Å². The lowest BCUT2D eigenvalue weighted by atomic mass is 9.91. The summed E-state index contributed by atoms with van der Waals surface area (Å²) in [6, 6.07) is 21.8. The highest BCUT2D eigenvalue weighted by Crippen LogP contribution is 2.45. The maximum atomic E-state index is 13.2. The van der Waals surface area contributed by atoms with Gasteiger partial charge in [-0.3, -0.25) is 38.4 Å². The van der Waals surface area contributed by atoms with Gasteiger partial charge in [-0.25, -0.2) is 19.9 Å². The van der Waals surface area contributed by atoms with Crippen molar-refractivity contribution in [1.29, 1.82) is 0 Å². The molecule has 8 aliphatic rings. The molecule has 16 rings (SSSR count). The van der Waals surface area contributed by atoms with Gasteiger partial charge < -0.3 is 111 Å². The first-order valence-corrected chi connectivity index (χ1v) is 44.5. The van der Waals surface area contributed by atoms with E-state index in [2.05, 4.69) is 99.3 Å². The quantitative estimate of drug-likeness (QED) is 0.0342. The van der Waals surface area contributed by atoms with Gasteiger partial charge in [-0.05, 0) is 159 Å². The van der Waals surface area contributed by atoms with Crippen LogP contribution >= 0.6 is 0 Å². The zero-order valence-corrected chi connectivity index (χ0v) is 78.4. The molecule has 38 nitrogen and oxygen atoms in total. The van der Waals surface area contributed by atoms with Crippen molar-refractivity contribution in [3.8, 4) is 23.0 Å². The highest BCUT2D eigenvalue weighted by molar-refractivity contribution is 6.04. The fourth-order valence-corrected chi connectivity index (χ4v) is 18.1. The number of hydrogen-bond donors (Lipinski definition) is 9. The Kier molecular flexibility index (Phi) is 29.8. The number of ether oxygens (including phenoxy) is 4. The lowest BCUT2D eigenvalue weighted by Gasteiger charge is -2.34. The van der Waals surface area contributed by atoms with Crippen LogP contribution in [0.5, 0.6) is 23.0 Å². The van der Waals surface area contributed by atoms with Crippen molar-refractivity contribution >= 4 is 140 Å². The molecule has 4 aromatic carbocycles. The second-order valence-corrected chi connectivity index (χ2v) is 35.5. The molecule has 2 saturated carbocycles. The van der Waals surface area contributed by atoms with Crippen molar-refractivity contribution in [3.63, 3.8) is 0 Å². The van der Waals surface area contributed by atoms with Crippen LogP contribution in [0, 0.1) is 22.7 Å². The van der Waals surface area contributed by atoms with Gasteiger partial charge >= 0.3 is 0 Å². The molecular weight excluding hydrogens is 1670 g/mol. The molecule has 4 aromatic heterocycles. The average Bonchev–Trinajstić information content (AvgIpc) is 1.64. The van der Waals surface area contributed by atoms with Gasteiger partial charge in [-0.2, -0.15) is 19.9 Å². The first-order valence-electron chi connectivity index (χ1n) is 44.5. The standard InChI is InChI=1S/C24H33N7O3.C23H31N7O3.2C23H30N6O3/c1-24(2)14-31(16-9-10-29(4)13-16)20-18(30(5)22(24)33)12-26-23(28-20)27-17-8-7-15(21(32)25-3)11-19(17)34-6;1-23(2)13-30(15-8-9-25-11-15)19-17(29(4)21(23)32)12-26-22(28-19)27-16-7-6-14(20(31)24-3)10-18(16)33-5;2*1-14-13-29(16-7-5-6-8-16)20-18(28(3)22(14)31)12-25-23(27-20)26-17-10-9-15(21(30)24-2)11-19(17)32-4/h7-8,11-12,16H,9-10,13-14H2,1-6H3,(H,25,32)(H,26,27,28);6-7,10,12,15,25H,8-9,11,13H2,1-5H3,(H,24,31)(H,26,27,28);2*9-12,14,16H,5-8,13H2,1-4H3,(H,24,30)(H,25,26,27)/t16-;15-;2*14-/m1110/s1. The van der Waals surface area contributed by atoms with Gasteiger partial charge in [-0.15, -0.1) is 0 Å². The number of amides is 8. The van der Waals surface area contributed by atoms with Crippen molar-refractivity contribution < 1.29 is 57.3 Å². The van der Waals surface area contributed by atoms with Crippen LogP contribution in [0.15, 0.2) is 97.6 Å². The fraction of sp³-hybridized carbons (Fsp3) is 0.484. The average molecular weight is 1800 g/mol. The van der Waals surface area contributed by atoms with E-state index in [0.717, 1.165) is 99.4 Å². The van der Waals surface area contributed by atoms with E-state index in [9.17, 15) is 38.4 Å². The largest absolute Gasteiger partial charge is 0.495 e. The number of anilines is 16. The van der Waals surface area contributed by atoms with Gasteiger partial charge in [0, 0.05) is 142 Å². The lowest BCUT2D eigenvalue weighted by molar-refractivity contribution is -0.126. The number of fused-ring (bicyclic) bond motifs is 4. The molecule has 38 heteroatoms. The Hall–Kier alpha value is -13.5. The lowest BCUT2D eigenvalue weighted by Crippen LogP contribution is -2.46. The zero-order valence-electron chi connectivity index (χ0n) is 78.4. The Morgan fingerprint density at radius 3 is 0.962 bits per heavy atom. The third-order valence-electron chi connectivity index (χ3n) is 25.4. The van der Waals surface area contributed by atoms with Crippen LogP contribution < -0.4 is 106 Å². The van der Waals surface area contributed by atoms with E-state index in [-0.39, 0.29) is 71.2 Å². The summed E-state index contributed by atoms with van der Waals surface area (Å²) >= 11 is 0. The SMILES string of the molecule is CNC(=O)c1ccc(Nc2ncc3c(n2)N(C2CCCC2)C[C@@H](C)C(=O)N3C)c(OC)c1.CNC(=O)c1ccc(Nc2ncc3c(n2)N(C2CCCC2)C[C@H](C)C(=O)N3C)c(OC)c1.CNC(=O)c1ccc(Nc2ncc3c(n2)N([C@@H]2CCN(C)C2)CC(C)(C)C(=O)N3C)c(OC)c1.CNC(=O)c1ccc(Nc2ncc3c(n2)N([C@@H]2CCNC2)CC(C)(C)C(=O)N3C)c(OC)c1. The van der Waals surface area contributed by atoms with Gasteiger partial charge in [0.1, 0.15) is 45.7 Å². The summed E-state index contributed by atoms with van der Waals surface area (Å²) in [5, 5.41) is 26.7. The number of nitrogens with zero attached hydrogens (tertiary/aromatic N) is 17. The Morgan fingerprint density at radius 1 is 0.389 bits per heavy atom. The molecular formula is C93H124N26O12. The minimum atomic E-state index is -0.566. The second kappa shape index (κ2) is 41.1. The molecule has 8 amide bonds. The predicted molar refractivity (Wildman–Crippen MR) is 507 cm³/mol. The van der Waals surface area contributed by atoms with E-state index < -0.39 is 10.8 Å². The van der Waals surface area contributed by atoms with Crippen LogP contribution in [0.1, 0.15) is 147 Å². The Bertz CT molecular complexity index is 5380. The van der Waals surface area contributed by atoms with Gasteiger partial charge in [0.05, 0.1) is 98.6 Å². The number of hydrogen-bond acceptors (Lipinski definition) is 30. The molecule has 6 aliphatic heterocycles. The van der Waals surface area contributed by atoms with Gasteiger partial charge in [-0.1, -0.05) is 39.5 Å².